The van der Waals surface area contributed by atoms with Gasteiger partial charge in [0.25, 0.3) is 0 Å². The maximum atomic E-state index is 2.29. The Morgan fingerprint density at radius 1 is 0.364 bits per heavy atom. The molecular weight excluding hydrogens is 304 g/mol. The van der Waals surface area contributed by atoms with Gasteiger partial charge in [-0.05, 0) is 48.7 Å². The lowest BCUT2D eigenvalue weighted by Gasteiger charge is -2.03. The molecular formula is C20H42S2. The summed E-state index contributed by atoms with van der Waals surface area (Å²) in [6, 6.07) is 0. The van der Waals surface area contributed by atoms with Crippen LogP contribution in [-0.2, 0) is 0 Å². The van der Waals surface area contributed by atoms with Crippen molar-refractivity contribution in [3.05, 3.63) is 0 Å². The van der Waals surface area contributed by atoms with Crippen molar-refractivity contribution in [2.24, 2.45) is 0 Å². The van der Waals surface area contributed by atoms with E-state index < -0.39 is 0 Å². The molecule has 0 fully saturated rings. The van der Waals surface area contributed by atoms with Gasteiger partial charge < -0.3 is 0 Å². The summed E-state index contributed by atoms with van der Waals surface area (Å²) in [5, 5.41) is 0. The zero-order valence-corrected chi connectivity index (χ0v) is 17.2. The van der Waals surface area contributed by atoms with E-state index in [1.54, 1.807) is 0 Å². The Hall–Kier alpha value is 0.700. The molecule has 0 aliphatic rings. The third-order valence-corrected chi connectivity index (χ3v) is 6.42. The number of thioether (sulfide) groups is 2. The Morgan fingerprint density at radius 2 is 0.636 bits per heavy atom. The summed E-state index contributed by atoms with van der Waals surface area (Å²) in [7, 11) is 0. The van der Waals surface area contributed by atoms with Crippen molar-refractivity contribution in [1.82, 2.24) is 0 Å². The smallest absolute Gasteiger partial charge is 0.00675 e. The molecule has 0 saturated carbocycles. The van der Waals surface area contributed by atoms with E-state index in [-0.39, 0.29) is 0 Å². The lowest BCUT2D eigenvalue weighted by Crippen LogP contribution is -1.88. The number of unbranched alkanes of at least 4 members (excludes halogenated alkanes) is 11. The van der Waals surface area contributed by atoms with E-state index >= 15 is 0 Å². The van der Waals surface area contributed by atoms with Crippen molar-refractivity contribution in [2.45, 2.75) is 104 Å². The summed E-state index contributed by atoms with van der Waals surface area (Å²) in [4.78, 5) is 0. The van der Waals surface area contributed by atoms with Crippen molar-refractivity contribution in [1.29, 1.82) is 0 Å². The van der Waals surface area contributed by atoms with Crippen molar-refractivity contribution >= 4 is 23.5 Å². The molecule has 0 aliphatic carbocycles. The first kappa shape index (κ1) is 22.7. The molecule has 0 N–H and O–H groups in total. The molecule has 0 aromatic heterocycles. The molecule has 0 unspecified atom stereocenters. The van der Waals surface area contributed by atoms with Gasteiger partial charge in [0.2, 0.25) is 0 Å². The van der Waals surface area contributed by atoms with Gasteiger partial charge in [-0.1, -0.05) is 78.1 Å². The van der Waals surface area contributed by atoms with Gasteiger partial charge in [0.1, 0.15) is 0 Å². The van der Waals surface area contributed by atoms with E-state index in [9.17, 15) is 0 Å². The summed E-state index contributed by atoms with van der Waals surface area (Å²) >= 11 is 4.37. The quantitative estimate of drug-likeness (QED) is 0.218. The third kappa shape index (κ3) is 20.7. The second kappa shape index (κ2) is 21.7. The van der Waals surface area contributed by atoms with E-state index in [4.69, 9.17) is 0 Å². The van der Waals surface area contributed by atoms with Crippen LogP contribution in [0.4, 0.5) is 0 Å². The third-order valence-electron chi connectivity index (χ3n) is 4.11. The highest BCUT2D eigenvalue weighted by atomic mass is 32.2. The van der Waals surface area contributed by atoms with Crippen LogP contribution in [0.5, 0.6) is 0 Å². The summed E-state index contributed by atoms with van der Waals surface area (Å²) in [6.07, 6.45) is 20.1. The van der Waals surface area contributed by atoms with Gasteiger partial charge >= 0.3 is 0 Å². The molecule has 134 valence electrons. The molecule has 0 aromatic carbocycles. The van der Waals surface area contributed by atoms with E-state index in [1.807, 2.05) is 0 Å². The molecule has 0 bridgehead atoms. The second-order valence-electron chi connectivity index (χ2n) is 6.47. The molecule has 0 amide bonds. The van der Waals surface area contributed by atoms with Crippen LogP contribution in [0.3, 0.4) is 0 Å². The highest BCUT2D eigenvalue weighted by molar-refractivity contribution is 7.99. The van der Waals surface area contributed by atoms with Crippen LogP contribution in [0.15, 0.2) is 0 Å². The van der Waals surface area contributed by atoms with Crippen molar-refractivity contribution in [3.63, 3.8) is 0 Å². The minimum atomic E-state index is 1.37. The molecule has 0 spiro atoms. The van der Waals surface area contributed by atoms with Crippen LogP contribution < -0.4 is 0 Å². The standard InChI is InChI=1S/C20H42S2/c1-3-5-7-9-13-17-21-19-15-11-12-16-20-22-18-14-10-8-6-4-2/h3-20H2,1-2H3. The molecule has 0 saturated heterocycles. The average molecular weight is 347 g/mol. The van der Waals surface area contributed by atoms with Gasteiger partial charge in [0.05, 0.1) is 0 Å². The Kier molecular flexibility index (Phi) is 22.4. The lowest BCUT2D eigenvalue weighted by molar-refractivity contribution is 0.658. The van der Waals surface area contributed by atoms with E-state index in [0.717, 1.165) is 0 Å². The van der Waals surface area contributed by atoms with Gasteiger partial charge in [-0.2, -0.15) is 23.5 Å². The van der Waals surface area contributed by atoms with Crippen LogP contribution >= 0.6 is 23.5 Å². The van der Waals surface area contributed by atoms with Gasteiger partial charge in [-0.3, -0.25) is 0 Å². The summed E-state index contributed by atoms with van der Waals surface area (Å²) in [6.45, 7) is 4.59. The molecule has 0 radical (unpaired) electrons. The SMILES string of the molecule is CCCCCCCSCCCCCCSCCCCCCC. The van der Waals surface area contributed by atoms with Crippen molar-refractivity contribution in [2.75, 3.05) is 23.0 Å². The van der Waals surface area contributed by atoms with Gasteiger partial charge in [-0.15, -0.1) is 0 Å². The van der Waals surface area contributed by atoms with Gasteiger partial charge in [0, 0.05) is 0 Å². The number of hydrogen-bond acceptors (Lipinski definition) is 2. The average Bonchev–Trinajstić information content (AvgIpc) is 2.54. The highest BCUT2D eigenvalue weighted by Crippen LogP contribution is 2.14. The Bertz CT molecular complexity index is 163. The first-order valence-corrected chi connectivity index (χ1v) is 12.4. The predicted molar refractivity (Wildman–Crippen MR) is 111 cm³/mol. The maximum absolute atomic E-state index is 2.29. The minimum Gasteiger partial charge on any atom is -0.162 e. The number of rotatable bonds is 19. The lowest BCUT2D eigenvalue weighted by atomic mass is 10.2. The molecule has 0 aromatic rings. The summed E-state index contributed by atoms with van der Waals surface area (Å²) in [5.41, 5.74) is 0. The fourth-order valence-corrected chi connectivity index (χ4v) is 4.62. The molecule has 0 nitrogen and oxygen atoms in total. The van der Waals surface area contributed by atoms with E-state index in [0.29, 0.717) is 0 Å². The topological polar surface area (TPSA) is 0 Å². The van der Waals surface area contributed by atoms with Gasteiger partial charge in [-0.25, -0.2) is 0 Å². The highest BCUT2D eigenvalue weighted by Gasteiger charge is 1.94. The molecule has 0 atom stereocenters. The fraction of sp³-hybridized carbons (Fsp3) is 1.00. The summed E-state index contributed by atoms with van der Waals surface area (Å²) in [5.74, 6) is 5.60. The maximum Gasteiger partial charge on any atom is -0.00675 e. The Labute approximate surface area is 150 Å². The minimum absolute atomic E-state index is 1.37. The molecule has 0 heterocycles. The van der Waals surface area contributed by atoms with E-state index in [2.05, 4.69) is 37.4 Å². The van der Waals surface area contributed by atoms with Crippen LogP contribution in [0.2, 0.25) is 0 Å². The molecule has 0 aliphatic heterocycles. The normalized spacial score (nSPS) is 11.2. The fourth-order valence-electron chi connectivity index (χ4n) is 2.58. The number of hydrogen-bond donors (Lipinski definition) is 0. The summed E-state index contributed by atoms with van der Waals surface area (Å²) < 4.78 is 0. The van der Waals surface area contributed by atoms with Crippen LogP contribution in [-0.4, -0.2) is 23.0 Å². The van der Waals surface area contributed by atoms with E-state index in [1.165, 1.54) is 113 Å². The Morgan fingerprint density at radius 3 is 0.909 bits per heavy atom. The van der Waals surface area contributed by atoms with Crippen molar-refractivity contribution in [3.8, 4) is 0 Å². The first-order chi connectivity index (χ1) is 10.9. The predicted octanol–water partition coefficient (Wildman–Crippen LogP) is 7.95. The van der Waals surface area contributed by atoms with Crippen LogP contribution in [0, 0.1) is 0 Å². The van der Waals surface area contributed by atoms with Crippen LogP contribution in [0.25, 0.3) is 0 Å². The zero-order chi connectivity index (χ0) is 16.1. The molecule has 2 heteroatoms. The monoisotopic (exact) mass is 346 g/mol. The largest absolute Gasteiger partial charge is 0.162 e. The molecule has 0 rings (SSSR count). The van der Waals surface area contributed by atoms with Gasteiger partial charge in [0.15, 0.2) is 0 Å². The Balaban J connectivity index is 2.91. The van der Waals surface area contributed by atoms with Crippen LogP contribution in [0.1, 0.15) is 104 Å². The molecule has 22 heavy (non-hydrogen) atoms. The van der Waals surface area contributed by atoms with Crippen molar-refractivity contribution < 1.29 is 0 Å². The first-order valence-electron chi connectivity index (χ1n) is 10.1. The zero-order valence-electron chi connectivity index (χ0n) is 15.5. The second-order valence-corrected chi connectivity index (χ2v) is 8.92.